The Labute approximate surface area is 176 Å². The molecule has 152 valence electrons. The van der Waals surface area contributed by atoms with Gasteiger partial charge in [0.25, 0.3) is 11.8 Å². The molecule has 0 spiro atoms. The second kappa shape index (κ2) is 9.65. The van der Waals surface area contributed by atoms with Crippen LogP contribution in [0, 0.1) is 11.7 Å². The number of nitrogens with zero attached hydrogens (tertiary/aromatic N) is 1. The van der Waals surface area contributed by atoms with Crippen LogP contribution >= 0.6 is 15.9 Å². The lowest BCUT2D eigenvalue weighted by Crippen LogP contribution is -2.43. The molecule has 0 bridgehead atoms. The molecule has 1 aliphatic rings. The maximum absolute atomic E-state index is 13.0. The van der Waals surface area contributed by atoms with Crippen molar-refractivity contribution in [3.63, 3.8) is 0 Å². The van der Waals surface area contributed by atoms with E-state index in [-0.39, 0.29) is 12.5 Å². The third-order valence-corrected chi connectivity index (χ3v) is 5.32. The molecule has 1 aliphatic heterocycles. The van der Waals surface area contributed by atoms with Crippen molar-refractivity contribution in [2.24, 2.45) is 5.92 Å². The van der Waals surface area contributed by atoms with Crippen molar-refractivity contribution in [2.75, 3.05) is 25.0 Å². The molecule has 1 N–H and O–H groups in total. The Morgan fingerprint density at radius 2 is 1.86 bits per heavy atom. The van der Waals surface area contributed by atoms with Crippen molar-refractivity contribution in [3.8, 4) is 0 Å². The molecule has 1 saturated heterocycles. The largest absolute Gasteiger partial charge is 0.455 e. The number of hydrogen-bond donors (Lipinski definition) is 1. The summed E-state index contributed by atoms with van der Waals surface area (Å²) in [5, 5.41) is 2.66. The number of amides is 2. The highest BCUT2D eigenvalue weighted by Gasteiger charge is 2.30. The third-order valence-electron chi connectivity index (χ3n) is 4.63. The quantitative estimate of drug-likeness (QED) is 0.688. The van der Waals surface area contributed by atoms with Gasteiger partial charge in [-0.3, -0.25) is 14.4 Å². The third kappa shape index (κ3) is 5.63. The number of halogens is 2. The minimum absolute atomic E-state index is 0.209. The number of esters is 1. The Morgan fingerprint density at radius 1 is 1.14 bits per heavy atom. The minimum atomic E-state index is -0.510. The van der Waals surface area contributed by atoms with E-state index >= 15 is 0 Å². The minimum Gasteiger partial charge on any atom is -0.455 e. The van der Waals surface area contributed by atoms with Gasteiger partial charge in [0.1, 0.15) is 5.82 Å². The summed E-state index contributed by atoms with van der Waals surface area (Å²) in [4.78, 5) is 38.5. The second-order valence-electron chi connectivity index (χ2n) is 6.73. The normalized spacial score (nSPS) is 16.2. The summed E-state index contributed by atoms with van der Waals surface area (Å²) in [5.41, 5.74) is 0.954. The number of benzene rings is 2. The number of ether oxygens (including phenoxy) is 1. The van der Waals surface area contributed by atoms with Crippen molar-refractivity contribution in [1.82, 2.24) is 4.90 Å². The highest BCUT2D eigenvalue weighted by molar-refractivity contribution is 9.10. The Bertz CT molecular complexity index is 904. The number of carbonyl (C=O) groups is 3. The van der Waals surface area contributed by atoms with E-state index in [9.17, 15) is 18.8 Å². The smallest absolute Gasteiger partial charge is 0.311 e. The van der Waals surface area contributed by atoms with Crippen LogP contribution in [0.15, 0.2) is 53.0 Å². The van der Waals surface area contributed by atoms with Crippen molar-refractivity contribution in [2.45, 2.75) is 12.8 Å². The number of carbonyl (C=O) groups excluding carboxylic acids is 3. The molecule has 2 amide bonds. The molecule has 0 radical (unpaired) electrons. The summed E-state index contributed by atoms with van der Waals surface area (Å²) in [7, 11) is 0. The predicted octanol–water partition coefficient (Wildman–Crippen LogP) is 3.62. The Morgan fingerprint density at radius 3 is 2.59 bits per heavy atom. The average molecular weight is 463 g/mol. The van der Waals surface area contributed by atoms with Crippen LogP contribution in [0.25, 0.3) is 0 Å². The fraction of sp³-hybridized carbons (Fsp3) is 0.286. The number of hydrogen-bond acceptors (Lipinski definition) is 4. The molecule has 0 aliphatic carbocycles. The predicted molar refractivity (Wildman–Crippen MR) is 109 cm³/mol. The number of piperidine rings is 1. The average Bonchev–Trinajstić information content (AvgIpc) is 2.74. The standard InChI is InChI=1S/C21H20BrFN2O4/c22-17-5-1-2-6-18(17)24-19(26)13-29-21(28)15-4-3-11-25(12-15)20(27)14-7-9-16(23)10-8-14/h1-2,5-10,15H,3-4,11-13H2,(H,24,26). The molecule has 1 fully saturated rings. The van der Waals surface area contributed by atoms with E-state index in [1.165, 1.54) is 24.3 Å². The maximum Gasteiger partial charge on any atom is 0.311 e. The van der Waals surface area contributed by atoms with Crippen LogP contribution in [-0.2, 0) is 14.3 Å². The Kier molecular flexibility index (Phi) is 6.98. The van der Waals surface area contributed by atoms with Crippen LogP contribution in [0.3, 0.4) is 0 Å². The molecule has 6 nitrogen and oxygen atoms in total. The number of para-hydroxylation sites is 1. The van der Waals surface area contributed by atoms with Crippen LogP contribution in [0.2, 0.25) is 0 Å². The van der Waals surface area contributed by atoms with E-state index in [0.717, 1.165) is 4.47 Å². The lowest BCUT2D eigenvalue weighted by Gasteiger charge is -2.31. The molecule has 0 aromatic heterocycles. The van der Waals surface area contributed by atoms with Gasteiger partial charge in [-0.25, -0.2) is 4.39 Å². The summed E-state index contributed by atoms with van der Waals surface area (Å²) < 4.78 is 18.9. The number of nitrogens with one attached hydrogen (secondary N) is 1. The van der Waals surface area contributed by atoms with E-state index < -0.39 is 30.2 Å². The van der Waals surface area contributed by atoms with Gasteiger partial charge in [-0.2, -0.15) is 0 Å². The Balaban J connectivity index is 1.51. The number of anilines is 1. The number of rotatable bonds is 5. The van der Waals surface area contributed by atoms with Gasteiger partial charge in [-0.05, 0) is 65.2 Å². The molecular formula is C21H20BrFN2O4. The fourth-order valence-electron chi connectivity index (χ4n) is 3.13. The monoisotopic (exact) mass is 462 g/mol. The molecular weight excluding hydrogens is 443 g/mol. The lowest BCUT2D eigenvalue weighted by molar-refractivity contribution is -0.152. The number of likely N-dealkylation sites (tertiary alicyclic amines) is 1. The first-order valence-electron chi connectivity index (χ1n) is 9.20. The fourth-order valence-corrected chi connectivity index (χ4v) is 3.52. The SMILES string of the molecule is O=C(COC(=O)C1CCCN(C(=O)c2ccc(F)cc2)C1)Nc1ccccc1Br. The maximum atomic E-state index is 13.0. The van der Waals surface area contributed by atoms with E-state index in [1.54, 1.807) is 23.1 Å². The van der Waals surface area contributed by atoms with E-state index in [0.29, 0.717) is 30.6 Å². The summed E-state index contributed by atoms with van der Waals surface area (Å²) in [6, 6.07) is 12.4. The summed E-state index contributed by atoms with van der Waals surface area (Å²) in [5.74, 6) is -2.12. The van der Waals surface area contributed by atoms with Gasteiger partial charge in [-0.15, -0.1) is 0 Å². The van der Waals surface area contributed by atoms with Crippen molar-refractivity contribution in [3.05, 3.63) is 64.4 Å². The summed E-state index contributed by atoms with van der Waals surface area (Å²) in [6.45, 7) is 0.325. The van der Waals surface area contributed by atoms with E-state index in [4.69, 9.17) is 4.74 Å². The highest BCUT2D eigenvalue weighted by atomic mass is 79.9. The van der Waals surface area contributed by atoms with Gasteiger partial charge in [-0.1, -0.05) is 12.1 Å². The van der Waals surface area contributed by atoms with Crippen LogP contribution in [0.4, 0.5) is 10.1 Å². The zero-order valence-corrected chi connectivity index (χ0v) is 17.2. The summed E-state index contributed by atoms with van der Waals surface area (Å²) in [6.07, 6.45) is 1.23. The molecule has 29 heavy (non-hydrogen) atoms. The van der Waals surface area contributed by atoms with Crippen molar-refractivity contribution < 1.29 is 23.5 Å². The van der Waals surface area contributed by atoms with Gasteiger partial charge in [0.2, 0.25) is 0 Å². The first kappa shape index (κ1) is 21.0. The van der Waals surface area contributed by atoms with Gasteiger partial charge in [0, 0.05) is 23.1 Å². The molecule has 1 unspecified atom stereocenters. The van der Waals surface area contributed by atoms with Crippen LogP contribution < -0.4 is 5.32 Å². The molecule has 1 heterocycles. The zero-order chi connectivity index (χ0) is 20.8. The van der Waals surface area contributed by atoms with Gasteiger partial charge in [0.05, 0.1) is 11.6 Å². The van der Waals surface area contributed by atoms with Crippen molar-refractivity contribution in [1.29, 1.82) is 0 Å². The molecule has 2 aromatic carbocycles. The highest BCUT2D eigenvalue weighted by Crippen LogP contribution is 2.22. The zero-order valence-electron chi connectivity index (χ0n) is 15.6. The first-order valence-corrected chi connectivity index (χ1v) is 9.99. The molecule has 3 rings (SSSR count). The van der Waals surface area contributed by atoms with Gasteiger partial charge >= 0.3 is 5.97 Å². The van der Waals surface area contributed by atoms with Crippen LogP contribution in [0.5, 0.6) is 0 Å². The second-order valence-corrected chi connectivity index (χ2v) is 7.59. The summed E-state index contributed by atoms with van der Waals surface area (Å²) >= 11 is 3.33. The molecule has 0 saturated carbocycles. The van der Waals surface area contributed by atoms with Crippen LogP contribution in [0.1, 0.15) is 23.2 Å². The Hall–Kier alpha value is -2.74. The van der Waals surface area contributed by atoms with Crippen LogP contribution in [-0.4, -0.2) is 42.4 Å². The van der Waals surface area contributed by atoms with Gasteiger partial charge in [0.15, 0.2) is 6.61 Å². The van der Waals surface area contributed by atoms with E-state index in [2.05, 4.69) is 21.2 Å². The molecule has 8 heteroatoms. The van der Waals surface area contributed by atoms with Gasteiger partial charge < -0.3 is 15.0 Å². The van der Waals surface area contributed by atoms with E-state index in [1.807, 2.05) is 6.07 Å². The topological polar surface area (TPSA) is 75.7 Å². The van der Waals surface area contributed by atoms with Crippen molar-refractivity contribution >= 4 is 39.4 Å². The molecule has 1 atom stereocenters. The first-order chi connectivity index (χ1) is 13.9. The lowest BCUT2D eigenvalue weighted by atomic mass is 9.97. The molecule has 2 aromatic rings.